The largest absolute Gasteiger partial charge is 0.310 e. The highest BCUT2D eigenvalue weighted by Gasteiger charge is 2.13. The molecule has 3 heteroatoms. The van der Waals surface area contributed by atoms with Crippen molar-refractivity contribution in [1.82, 2.24) is 15.5 Å². The number of hydrogen-bond acceptors (Lipinski definition) is 3. The standard InChI is InChI=1S/C11H17N3/c1-7(2)11(12-5)10-6-8(3)13-14-9(10)4/h6,11-12H,1H2,2-5H3. The van der Waals surface area contributed by atoms with Gasteiger partial charge in [-0.3, -0.25) is 0 Å². The van der Waals surface area contributed by atoms with Crippen LogP contribution in [0.3, 0.4) is 0 Å². The first-order chi connectivity index (χ1) is 6.56. The Hall–Kier alpha value is -1.22. The van der Waals surface area contributed by atoms with Crippen molar-refractivity contribution in [2.45, 2.75) is 26.8 Å². The van der Waals surface area contributed by atoms with E-state index in [4.69, 9.17) is 0 Å². The molecule has 1 N–H and O–H groups in total. The molecule has 0 spiro atoms. The van der Waals surface area contributed by atoms with Crippen LogP contribution in [0.5, 0.6) is 0 Å². The van der Waals surface area contributed by atoms with Crippen molar-refractivity contribution < 1.29 is 0 Å². The Morgan fingerprint density at radius 2 is 2.07 bits per heavy atom. The summed E-state index contributed by atoms with van der Waals surface area (Å²) in [6.45, 7) is 9.89. The summed E-state index contributed by atoms with van der Waals surface area (Å²) in [7, 11) is 1.93. The Morgan fingerprint density at radius 1 is 1.43 bits per heavy atom. The van der Waals surface area contributed by atoms with Crippen LogP contribution in [0.2, 0.25) is 0 Å². The molecule has 76 valence electrons. The zero-order chi connectivity index (χ0) is 10.7. The van der Waals surface area contributed by atoms with Gasteiger partial charge in [-0.25, -0.2) is 0 Å². The van der Waals surface area contributed by atoms with Gasteiger partial charge in [-0.2, -0.15) is 10.2 Å². The van der Waals surface area contributed by atoms with E-state index >= 15 is 0 Å². The van der Waals surface area contributed by atoms with E-state index in [0.717, 1.165) is 22.5 Å². The highest BCUT2D eigenvalue weighted by atomic mass is 15.1. The molecular weight excluding hydrogens is 174 g/mol. The minimum absolute atomic E-state index is 0.171. The van der Waals surface area contributed by atoms with Gasteiger partial charge in [0.15, 0.2) is 0 Å². The molecule has 14 heavy (non-hydrogen) atoms. The minimum atomic E-state index is 0.171. The van der Waals surface area contributed by atoms with Crippen molar-refractivity contribution in [3.8, 4) is 0 Å². The molecule has 0 aromatic carbocycles. The first-order valence-electron chi connectivity index (χ1n) is 4.69. The molecule has 1 aromatic heterocycles. The van der Waals surface area contributed by atoms with Gasteiger partial charge < -0.3 is 5.32 Å². The van der Waals surface area contributed by atoms with E-state index in [0.29, 0.717) is 0 Å². The summed E-state index contributed by atoms with van der Waals surface area (Å²) in [5.41, 5.74) is 4.14. The van der Waals surface area contributed by atoms with Gasteiger partial charge in [0.1, 0.15) is 0 Å². The van der Waals surface area contributed by atoms with Crippen LogP contribution < -0.4 is 5.32 Å². The number of aromatic nitrogens is 2. The molecule has 1 atom stereocenters. The average Bonchev–Trinajstić information content (AvgIpc) is 2.11. The second-order valence-electron chi connectivity index (χ2n) is 3.59. The van der Waals surface area contributed by atoms with Gasteiger partial charge in [0.05, 0.1) is 17.4 Å². The summed E-state index contributed by atoms with van der Waals surface area (Å²) in [6.07, 6.45) is 0. The van der Waals surface area contributed by atoms with Crippen molar-refractivity contribution in [1.29, 1.82) is 0 Å². The number of hydrogen-bond donors (Lipinski definition) is 1. The van der Waals surface area contributed by atoms with Gasteiger partial charge >= 0.3 is 0 Å². The molecule has 0 fully saturated rings. The first-order valence-corrected chi connectivity index (χ1v) is 4.69. The van der Waals surface area contributed by atoms with E-state index in [2.05, 4.69) is 28.2 Å². The lowest BCUT2D eigenvalue weighted by Crippen LogP contribution is -2.19. The summed E-state index contributed by atoms with van der Waals surface area (Å²) in [5, 5.41) is 11.3. The normalized spacial score (nSPS) is 12.6. The highest BCUT2D eigenvalue weighted by Crippen LogP contribution is 2.21. The lowest BCUT2D eigenvalue weighted by Gasteiger charge is -2.18. The molecule has 1 unspecified atom stereocenters. The minimum Gasteiger partial charge on any atom is -0.310 e. The Balaban J connectivity index is 3.15. The molecule has 0 saturated carbocycles. The summed E-state index contributed by atoms with van der Waals surface area (Å²) in [4.78, 5) is 0. The molecule has 0 aliphatic heterocycles. The maximum absolute atomic E-state index is 4.10. The van der Waals surface area contributed by atoms with Crippen LogP contribution in [0.4, 0.5) is 0 Å². The van der Waals surface area contributed by atoms with Gasteiger partial charge in [-0.15, -0.1) is 0 Å². The molecule has 0 amide bonds. The second-order valence-corrected chi connectivity index (χ2v) is 3.59. The van der Waals surface area contributed by atoms with E-state index in [1.54, 1.807) is 0 Å². The third-order valence-electron chi connectivity index (χ3n) is 2.23. The fraction of sp³-hybridized carbons (Fsp3) is 0.455. The first kappa shape index (κ1) is 10.9. The second kappa shape index (κ2) is 4.33. The molecule has 0 aliphatic rings. The Kier molecular flexibility index (Phi) is 3.36. The third kappa shape index (κ3) is 2.17. The van der Waals surface area contributed by atoms with Crippen LogP contribution in [0.1, 0.15) is 29.9 Å². The maximum Gasteiger partial charge on any atom is 0.0651 e. The SMILES string of the molecule is C=C(C)C(NC)c1cc(C)nnc1C. The van der Waals surface area contributed by atoms with Crippen molar-refractivity contribution in [3.63, 3.8) is 0 Å². The van der Waals surface area contributed by atoms with Crippen LogP contribution >= 0.6 is 0 Å². The van der Waals surface area contributed by atoms with Crippen LogP contribution in [0, 0.1) is 13.8 Å². The average molecular weight is 191 g/mol. The zero-order valence-electron chi connectivity index (χ0n) is 9.26. The maximum atomic E-state index is 4.10. The molecule has 1 aromatic rings. The van der Waals surface area contributed by atoms with Gasteiger partial charge in [-0.05, 0) is 39.4 Å². The number of aryl methyl sites for hydroxylation is 2. The van der Waals surface area contributed by atoms with Crippen molar-refractivity contribution in [2.75, 3.05) is 7.05 Å². The Morgan fingerprint density at radius 3 is 2.57 bits per heavy atom. The van der Waals surface area contributed by atoms with Crippen molar-refractivity contribution in [2.24, 2.45) is 0 Å². The van der Waals surface area contributed by atoms with E-state index in [9.17, 15) is 0 Å². The summed E-state index contributed by atoms with van der Waals surface area (Å²) >= 11 is 0. The molecule has 1 rings (SSSR count). The van der Waals surface area contributed by atoms with Crippen LogP contribution in [-0.4, -0.2) is 17.2 Å². The van der Waals surface area contributed by atoms with Gasteiger partial charge in [0, 0.05) is 0 Å². The van der Waals surface area contributed by atoms with E-state index in [1.165, 1.54) is 0 Å². The fourth-order valence-electron chi connectivity index (χ4n) is 1.53. The molecule has 3 nitrogen and oxygen atoms in total. The topological polar surface area (TPSA) is 37.8 Å². The molecule has 0 bridgehead atoms. The highest BCUT2D eigenvalue weighted by molar-refractivity contribution is 5.29. The lowest BCUT2D eigenvalue weighted by molar-refractivity contribution is 0.664. The predicted octanol–water partition coefficient (Wildman–Crippen LogP) is 1.93. The predicted molar refractivity (Wildman–Crippen MR) is 58.1 cm³/mol. The smallest absolute Gasteiger partial charge is 0.0651 e. The third-order valence-corrected chi connectivity index (χ3v) is 2.23. The molecule has 1 heterocycles. The number of likely N-dealkylation sites (N-methyl/N-ethyl adjacent to an activating group) is 1. The van der Waals surface area contributed by atoms with Crippen LogP contribution in [0.15, 0.2) is 18.2 Å². The molecule has 0 saturated heterocycles. The Bertz CT molecular complexity index is 344. The Labute approximate surface area is 85.3 Å². The van der Waals surface area contributed by atoms with Crippen LogP contribution in [-0.2, 0) is 0 Å². The molecule has 0 aliphatic carbocycles. The quantitative estimate of drug-likeness (QED) is 0.742. The zero-order valence-corrected chi connectivity index (χ0v) is 9.26. The number of rotatable bonds is 3. The summed E-state index contributed by atoms with van der Waals surface area (Å²) in [5.74, 6) is 0. The number of nitrogens with zero attached hydrogens (tertiary/aromatic N) is 2. The van der Waals surface area contributed by atoms with E-state index in [-0.39, 0.29) is 6.04 Å². The van der Waals surface area contributed by atoms with Crippen molar-refractivity contribution >= 4 is 0 Å². The van der Waals surface area contributed by atoms with E-state index in [1.807, 2.05) is 27.8 Å². The number of nitrogens with one attached hydrogen (secondary N) is 1. The fourth-order valence-corrected chi connectivity index (χ4v) is 1.53. The monoisotopic (exact) mass is 191 g/mol. The van der Waals surface area contributed by atoms with E-state index < -0.39 is 0 Å². The van der Waals surface area contributed by atoms with Gasteiger partial charge in [0.2, 0.25) is 0 Å². The van der Waals surface area contributed by atoms with Gasteiger partial charge in [-0.1, -0.05) is 12.2 Å². The summed E-state index contributed by atoms with van der Waals surface area (Å²) in [6, 6.07) is 2.22. The molecule has 0 radical (unpaired) electrons. The molecular formula is C11H17N3. The van der Waals surface area contributed by atoms with Crippen molar-refractivity contribution in [3.05, 3.63) is 35.2 Å². The lowest BCUT2D eigenvalue weighted by atomic mass is 10.00. The van der Waals surface area contributed by atoms with Gasteiger partial charge in [0.25, 0.3) is 0 Å². The van der Waals surface area contributed by atoms with Crippen LogP contribution in [0.25, 0.3) is 0 Å². The summed E-state index contributed by atoms with van der Waals surface area (Å²) < 4.78 is 0.